The van der Waals surface area contributed by atoms with E-state index in [2.05, 4.69) is 29.7 Å². The molecule has 0 amide bonds. The number of halogens is 1. The second-order valence-corrected chi connectivity index (χ2v) is 6.89. The van der Waals surface area contributed by atoms with Crippen LogP contribution in [0.15, 0.2) is 31.0 Å². The Morgan fingerprint density at radius 2 is 1.72 bits per heavy atom. The lowest BCUT2D eigenvalue weighted by Gasteiger charge is -2.23. The fourth-order valence-electron chi connectivity index (χ4n) is 4.11. The van der Waals surface area contributed by atoms with Gasteiger partial charge >= 0.3 is 0 Å². The number of aryl methyl sites for hydroxylation is 1. The molecule has 2 unspecified atom stereocenters. The number of hydrogen-bond acceptors (Lipinski definition) is 6. The molecule has 5 rings (SSSR count). The third-order valence-corrected chi connectivity index (χ3v) is 5.31. The molecular formula is C17H18FN7. The molecule has 0 saturated carbocycles. The van der Waals surface area contributed by atoms with Crippen LogP contribution in [0.4, 0.5) is 16.0 Å². The molecule has 0 radical (unpaired) electrons. The van der Waals surface area contributed by atoms with Gasteiger partial charge in [0.15, 0.2) is 11.5 Å². The zero-order valence-electron chi connectivity index (χ0n) is 13.9. The van der Waals surface area contributed by atoms with Crippen molar-refractivity contribution in [3.8, 4) is 0 Å². The fraction of sp³-hybridized carbons (Fsp3) is 0.412. The molecule has 0 N–H and O–H groups in total. The van der Waals surface area contributed by atoms with Crippen molar-refractivity contribution in [1.29, 1.82) is 0 Å². The second-order valence-electron chi connectivity index (χ2n) is 6.89. The zero-order chi connectivity index (χ0) is 17.0. The summed E-state index contributed by atoms with van der Waals surface area (Å²) in [6.45, 7) is 3.80. The Bertz CT molecular complexity index is 908. The Hall–Kier alpha value is -2.77. The highest BCUT2D eigenvalue weighted by molar-refractivity contribution is 5.83. The van der Waals surface area contributed by atoms with Crippen molar-refractivity contribution in [3.05, 3.63) is 36.8 Å². The minimum absolute atomic E-state index is 0.293. The Balaban J connectivity index is 1.37. The van der Waals surface area contributed by atoms with Gasteiger partial charge in [-0.3, -0.25) is 0 Å². The lowest BCUT2D eigenvalue weighted by molar-refractivity contribution is 0.533. The van der Waals surface area contributed by atoms with E-state index in [0.29, 0.717) is 11.8 Å². The fourth-order valence-corrected chi connectivity index (χ4v) is 4.11. The van der Waals surface area contributed by atoms with E-state index in [0.717, 1.165) is 49.0 Å². The normalized spacial score (nSPS) is 22.8. The van der Waals surface area contributed by atoms with E-state index in [4.69, 9.17) is 0 Å². The van der Waals surface area contributed by atoms with Crippen molar-refractivity contribution in [2.75, 3.05) is 36.0 Å². The zero-order valence-corrected chi connectivity index (χ0v) is 13.9. The van der Waals surface area contributed by atoms with E-state index in [1.807, 2.05) is 11.6 Å². The lowest BCUT2D eigenvalue weighted by atomic mass is 10.0. The molecule has 8 heteroatoms. The predicted molar refractivity (Wildman–Crippen MR) is 91.9 cm³/mol. The van der Waals surface area contributed by atoms with Crippen LogP contribution in [-0.4, -0.2) is 50.7 Å². The van der Waals surface area contributed by atoms with Crippen molar-refractivity contribution >= 4 is 22.8 Å². The predicted octanol–water partition coefficient (Wildman–Crippen LogP) is 1.47. The summed E-state index contributed by atoms with van der Waals surface area (Å²) in [4.78, 5) is 21.9. The van der Waals surface area contributed by atoms with Crippen LogP contribution in [0.25, 0.3) is 11.2 Å². The third kappa shape index (κ3) is 2.32. The van der Waals surface area contributed by atoms with Gasteiger partial charge in [-0.2, -0.15) is 0 Å². The van der Waals surface area contributed by atoms with Crippen LogP contribution >= 0.6 is 0 Å². The van der Waals surface area contributed by atoms with Gasteiger partial charge in [0.25, 0.3) is 0 Å². The number of imidazole rings is 1. The second kappa shape index (κ2) is 5.37. The Kier molecular flexibility index (Phi) is 3.13. The van der Waals surface area contributed by atoms with Crippen LogP contribution < -0.4 is 9.80 Å². The monoisotopic (exact) mass is 339 g/mol. The van der Waals surface area contributed by atoms with Crippen LogP contribution in [0.5, 0.6) is 0 Å². The van der Waals surface area contributed by atoms with Gasteiger partial charge in [0.05, 0.1) is 12.5 Å². The molecule has 3 aromatic rings. The highest BCUT2D eigenvalue weighted by Gasteiger charge is 2.41. The molecule has 2 aliphatic heterocycles. The minimum Gasteiger partial charge on any atom is -0.356 e. The average Bonchev–Trinajstić information content (AvgIpc) is 3.29. The molecule has 2 aliphatic rings. The van der Waals surface area contributed by atoms with Gasteiger partial charge in [-0.25, -0.2) is 24.3 Å². The first-order valence-electron chi connectivity index (χ1n) is 8.42. The summed E-state index contributed by atoms with van der Waals surface area (Å²) in [5.74, 6) is 2.65. The number of pyridine rings is 1. The van der Waals surface area contributed by atoms with Crippen molar-refractivity contribution < 1.29 is 4.39 Å². The number of hydrogen-bond donors (Lipinski definition) is 0. The average molecular weight is 339 g/mol. The summed E-state index contributed by atoms with van der Waals surface area (Å²) in [5.41, 5.74) is 1.72. The highest BCUT2D eigenvalue weighted by atomic mass is 19.1. The largest absolute Gasteiger partial charge is 0.356 e. The lowest BCUT2D eigenvalue weighted by Crippen LogP contribution is -2.30. The molecule has 5 heterocycles. The summed E-state index contributed by atoms with van der Waals surface area (Å²) in [5, 5.41) is 0. The summed E-state index contributed by atoms with van der Waals surface area (Å²) in [6.07, 6.45) is 4.66. The molecule has 2 fully saturated rings. The summed E-state index contributed by atoms with van der Waals surface area (Å²) < 4.78 is 15.0. The molecule has 2 saturated heterocycles. The van der Waals surface area contributed by atoms with Gasteiger partial charge in [0, 0.05) is 45.1 Å². The number of aromatic nitrogens is 5. The maximum absolute atomic E-state index is 13.1. The van der Waals surface area contributed by atoms with Gasteiger partial charge in [-0.1, -0.05) is 0 Å². The number of nitrogens with zero attached hydrogens (tertiary/aromatic N) is 7. The van der Waals surface area contributed by atoms with Crippen molar-refractivity contribution in [2.24, 2.45) is 18.9 Å². The van der Waals surface area contributed by atoms with Crippen LogP contribution in [0.3, 0.4) is 0 Å². The maximum atomic E-state index is 13.1. The Morgan fingerprint density at radius 3 is 2.44 bits per heavy atom. The molecular weight excluding hydrogens is 321 g/mol. The van der Waals surface area contributed by atoms with E-state index >= 15 is 0 Å². The quantitative estimate of drug-likeness (QED) is 0.705. The molecule has 3 aromatic heterocycles. The van der Waals surface area contributed by atoms with E-state index in [1.54, 1.807) is 18.7 Å². The highest BCUT2D eigenvalue weighted by Crippen LogP contribution is 2.36. The molecule has 0 bridgehead atoms. The molecule has 0 spiro atoms. The summed E-state index contributed by atoms with van der Waals surface area (Å²) in [6, 6.07) is 3.24. The topological polar surface area (TPSA) is 63.0 Å². The van der Waals surface area contributed by atoms with E-state index in [9.17, 15) is 4.39 Å². The Morgan fingerprint density at radius 1 is 0.960 bits per heavy atom. The van der Waals surface area contributed by atoms with Crippen molar-refractivity contribution in [2.45, 2.75) is 0 Å². The van der Waals surface area contributed by atoms with Gasteiger partial charge in [-0.05, 0) is 12.1 Å². The first-order valence-corrected chi connectivity index (χ1v) is 8.42. The minimum atomic E-state index is -0.293. The van der Waals surface area contributed by atoms with Crippen LogP contribution in [-0.2, 0) is 7.05 Å². The molecule has 128 valence electrons. The molecule has 0 aliphatic carbocycles. The van der Waals surface area contributed by atoms with Gasteiger partial charge in [-0.15, -0.1) is 0 Å². The van der Waals surface area contributed by atoms with E-state index in [1.165, 1.54) is 12.3 Å². The third-order valence-electron chi connectivity index (χ3n) is 5.31. The van der Waals surface area contributed by atoms with Crippen LogP contribution in [0.2, 0.25) is 0 Å². The smallest absolute Gasteiger partial charge is 0.182 e. The maximum Gasteiger partial charge on any atom is 0.182 e. The van der Waals surface area contributed by atoms with Crippen molar-refractivity contribution in [1.82, 2.24) is 24.5 Å². The van der Waals surface area contributed by atoms with Crippen LogP contribution in [0.1, 0.15) is 0 Å². The standard InChI is InChI=1S/C17H18FN7/c1-23-10-22-16-15(23)17(21-9-20-16)25-7-11-5-24(6-12(11)8-25)14-3-2-13(18)4-19-14/h2-4,9-12H,5-8H2,1H3. The van der Waals surface area contributed by atoms with E-state index in [-0.39, 0.29) is 5.82 Å². The molecule has 25 heavy (non-hydrogen) atoms. The van der Waals surface area contributed by atoms with Gasteiger partial charge < -0.3 is 14.4 Å². The van der Waals surface area contributed by atoms with Gasteiger partial charge in [0.1, 0.15) is 23.5 Å². The van der Waals surface area contributed by atoms with E-state index < -0.39 is 0 Å². The van der Waals surface area contributed by atoms with Crippen LogP contribution in [0, 0.1) is 17.7 Å². The number of anilines is 2. The number of fused-ring (bicyclic) bond motifs is 2. The molecule has 0 aromatic carbocycles. The first-order chi connectivity index (χ1) is 12.2. The summed E-state index contributed by atoms with van der Waals surface area (Å²) in [7, 11) is 1.97. The SMILES string of the molecule is Cn1cnc2ncnc(N3CC4CN(c5ccc(F)cn5)CC4C3)c21. The summed E-state index contributed by atoms with van der Waals surface area (Å²) >= 11 is 0. The Labute approximate surface area is 144 Å². The number of rotatable bonds is 2. The molecule has 7 nitrogen and oxygen atoms in total. The molecule has 2 atom stereocenters. The van der Waals surface area contributed by atoms with Crippen molar-refractivity contribution in [3.63, 3.8) is 0 Å². The van der Waals surface area contributed by atoms with Gasteiger partial charge in [0.2, 0.25) is 0 Å². The first kappa shape index (κ1) is 14.6.